The molecule has 2 aromatic carbocycles. The average Bonchev–Trinajstić information content (AvgIpc) is 3.05. The molecule has 0 spiro atoms. The van der Waals surface area contributed by atoms with Crippen LogP contribution in [0.25, 0.3) is 0 Å². The van der Waals surface area contributed by atoms with E-state index < -0.39 is 5.97 Å². The van der Waals surface area contributed by atoms with Crippen LogP contribution in [0.1, 0.15) is 39.9 Å². The van der Waals surface area contributed by atoms with Crippen LogP contribution in [0.2, 0.25) is 5.02 Å². The molecule has 0 aromatic heterocycles. The van der Waals surface area contributed by atoms with Crippen molar-refractivity contribution in [1.82, 2.24) is 0 Å². The fourth-order valence-corrected chi connectivity index (χ4v) is 4.12. The zero-order valence-electron chi connectivity index (χ0n) is 12.7. The van der Waals surface area contributed by atoms with Gasteiger partial charge in [0, 0.05) is 11.5 Å². The number of halogens is 2. The Bertz CT molecular complexity index is 864. The van der Waals surface area contributed by atoms with E-state index in [1.165, 1.54) is 12.1 Å². The van der Waals surface area contributed by atoms with E-state index in [0.29, 0.717) is 21.8 Å². The van der Waals surface area contributed by atoms with Crippen molar-refractivity contribution < 1.29 is 14.3 Å². The lowest BCUT2D eigenvalue weighted by molar-refractivity contribution is 0.0695. The van der Waals surface area contributed by atoms with Crippen LogP contribution in [0.4, 0.5) is 10.1 Å². The van der Waals surface area contributed by atoms with Crippen molar-refractivity contribution in [3.8, 4) is 0 Å². The molecule has 0 saturated heterocycles. The van der Waals surface area contributed by atoms with Gasteiger partial charge in [0.1, 0.15) is 5.82 Å². The Labute approximate surface area is 143 Å². The molecule has 3 atom stereocenters. The number of nitrogens with one attached hydrogen (secondary N) is 1. The van der Waals surface area contributed by atoms with Gasteiger partial charge in [-0.15, -0.1) is 0 Å². The Morgan fingerprint density at radius 3 is 2.79 bits per heavy atom. The maximum Gasteiger partial charge on any atom is 0.336 e. The van der Waals surface area contributed by atoms with E-state index in [1.807, 2.05) is 18.2 Å². The summed E-state index contributed by atoms with van der Waals surface area (Å²) in [5.41, 5.74) is 2.12. The molecule has 0 radical (unpaired) electrons. The summed E-state index contributed by atoms with van der Waals surface area (Å²) in [6, 6.07) is 9.55. The van der Waals surface area contributed by atoms with E-state index in [9.17, 15) is 14.3 Å². The van der Waals surface area contributed by atoms with Crippen molar-refractivity contribution in [2.45, 2.75) is 18.4 Å². The van der Waals surface area contributed by atoms with Crippen LogP contribution in [0.15, 0.2) is 48.6 Å². The Hall–Kier alpha value is -2.33. The predicted molar refractivity (Wildman–Crippen MR) is 91.2 cm³/mol. The fraction of sp³-hybridized carbons (Fsp3) is 0.211. The molecule has 1 heterocycles. The summed E-state index contributed by atoms with van der Waals surface area (Å²) in [6.07, 6.45) is 4.81. The first-order valence-electron chi connectivity index (χ1n) is 7.81. The summed E-state index contributed by atoms with van der Waals surface area (Å²) < 4.78 is 14.3. The minimum Gasteiger partial charge on any atom is -0.478 e. The molecule has 122 valence electrons. The van der Waals surface area contributed by atoms with Gasteiger partial charge in [0.05, 0.1) is 22.3 Å². The fourth-order valence-electron chi connectivity index (χ4n) is 3.90. The molecule has 1 aliphatic heterocycles. The smallest absolute Gasteiger partial charge is 0.336 e. The van der Waals surface area contributed by atoms with Crippen molar-refractivity contribution in [2.24, 2.45) is 5.92 Å². The Kier molecular flexibility index (Phi) is 3.57. The molecule has 5 heteroatoms. The Morgan fingerprint density at radius 2 is 2.04 bits per heavy atom. The number of rotatable bonds is 2. The van der Waals surface area contributed by atoms with Gasteiger partial charge in [-0.05, 0) is 36.1 Å². The molecule has 3 nitrogen and oxygen atoms in total. The number of anilines is 1. The van der Waals surface area contributed by atoms with Crippen LogP contribution in [-0.4, -0.2) is 11.1 Å². The molecule has 4 rings (SSSR count). The van der Waals surface area contributed by atoms with Crippen molar-refractivity contribution in [1.29, 1.82) is 0 Å². The van der Waals surface area contributed by atoms with Gasteiger partial charge < -0.3 is 10.4 Å². The lowest BCUT2D eigenvalue weighted by Crippen LogP contribution is -2.31. The summed E-state index contributed by atoms with van der Waals surface area (Å²) in [5, 5.41) is 13.3. The molecule has 0 amide bonds. The van der Waals surface area contributed by atoms with Gasteiger partial charge in [-0.3, -0.25) is 0 Å². The summed E-state index contributed by atoms with van der Waals surface area (Å²) in [7, 11) is 0. The molecular weight excluding hydrogens is 329 g/mol. The summed E-state index contributed by atoms with van der Waals surface area (Å²) in [4.78, 5) is 11.6. The number of carbonyl (C=O) groups is 1. The number of carboxylic acids is 1. The number of fused-ring (bicyclic) bond motifs is 3. The predicted octanol–water partition coefficient (Wildman–Crippen LogP) is 5.00. The maximum absolute atomic E-state index is 14.3. The number of allylic oxidation sites excluding steroid dienone is 2. The van der Waals surface area contributed by atoms with Gasteiger partial charge in [-0.2, -0.15) is 0 Å². The molecular formula is C19H15ClFNO2. The topological polar surface area (TPSA) is 49.3 Å². The highest BCUT2D eigenvalue weighted by Gasteiger charge is 2.41. The first kappa shape index (κ1) is 15.2. The minimum absolute atomic E-state index is 0.0611. The number of carboxylic acid groups (broad SMARTS) is 1. The lowest BCUT2D eigenvalue weighted by Gasteiger charge is -2.38. The molecule has 24 heavy (non-hydrogen) atoms. The third-order valence-electron chi connectivity index (χ3n) is 4.94. The number of benzene rings is 2. The number of aromatic carboxylic acids is 1. The highest BCUT2D eigenvalue weighted by Crippen LogP contribution is 2.52. The van der Waals surface area contributed by atoms with Gasteiger partial charge in [0.2, 0.25) is 0 Å². The average molecular weight is 344 g/mol. The zero-order valence-corrected chi connectivity index (χ0v) is 13.4. The normalized spacial score (nSPS) is 24.2. The molecule has 1 aliphatic carbocycles. The van der Waals surface area contributed by atoms with Gasteiger partial charge in [-0.1, -0.05) is 42.0 Å². The summed E-state index contributed by atoms with van der Waals surface area (Å²) in [6.45, 7) is 0. The molecule has 0 bridgehead atoms. The Morgan fingerprint density at radius 1 is 1.25 bits per heavy atom. The number of hydrogen-bond donors (Lipinski definition) is 2. The number of hydrogen-bond acceptors (Lipinski definition) is 2. The van der Waals surface area contributed by atoms with Crippen LogP contribution < -0.4 is 5.32 Å². The SMILES string of the molecule is O=C(O)c1ccc(Cl)c2c1[C@H]1C=CC[C@H]1[C@@H](c1ccccc1F)N2. The second-order valence-electron chi connectivity index (χ2n) is 6.19. The molecule has 2 N–H and O–H groups in total. The first-order chi connectivity index (χ1) is 11.6. The highest BCUT2D eigenvalue weighted by atomic mass is 35.5. The van der Waals surface area contributed by atoms with Crippen molar-refractivity contribution in [3.05, 3.63) is 76.1 Å². The van der Waals surface area contributed by atoms with E-state index in [1.54, 1.807) is 18.2 Å². The Balaban J connectivity index is 1.90. The summed E-state index contributed by atoms with van der Waals surface area (Å²) in [5.74, 6) is -1.27. The van der Waals surface area contributed by atoms with E-state index in [0.717, 1.165) is 6.42 Å². The molecule has 2 aliphatic rings. The second kappa shape index (κ2) is 5.64. The van der Waals surface area contributed by atoms with E-state index in [4.69, 9.17) is 11.6 Å². The van der Waals surface area contributed by atoms with Crippen LogP contribution in [-0.2, 0) is 0 Å². The third kappa shape index (κ3) is 2.21. The highest BCUT2D eigenvalue weighted by molar-refractivity contribution is 6.33. The third-order valence-corrected chi connectivity index (χ3v) is 5.25. The van der Waals surface area contributed by atoms with E-state index >= 15 is 0 Å². The van der Waals surface area contributed by atoms with Gasteiger partial charge >= 0.3 is 5.97 Å². The van der Waals surface area contributed by atoms with Crippen LogP contribution in [0.3, 0.4) is 0 Å². The van der Waals surface area contributed by atoms with Crippen LogP contribution in [0.5, 0.6) is 0 Å². The van der Waals surface area contributed by atoms with Crippen LogP contribution in [0, 0.1) is 11.7 Å². The lowest BCUT2D eigenvalue weighted by atomic mass is 9.75. The van der Waals surface area contributed by atoms with Crippen molar-refractivity contribution in [3.63, 3.8) is 0 Å². The second-order valence-corrected chi connectivity index (χ2v) is 6.59. The van der Waals surface area contributed by atoms with E-state index in [2.05, 4.69) is 5.32 Å². The standard InChI is InChI=1S/C19H15ClFNO2/c20-14-9-8-13(19(23)24)16-10-5-3-6-11(10)17(22-18(14)16)12-4-1-2-7-15(12)21/h1-5,7-11,17,22H,6H2,(H,23,24)/t10-,11+,17-/m0/s1. The largest absolute Gasteiger partial charge is 0.478 e. The van der Waals surface area contributed by atoms with Crippen LogP contribution >= 0.6 is 11.6 Å². The maximum atomic E-state index is 14.3. The van der Waals surface area contributed by atoms with Crippen molar-refractivity contribution >= 4 is 23.3 Å². The molecule has 0 unspecified atom stereocenters. The van der Waals surface area contributed by atoms with Gasteiger partial charge in [0.25, 0.3) is 0 Å². The van der Waals surface area contributed by atoms with Gasteiger partial charge in [0.15, 0.2) is 0 Å². The summed E-state index contributed by atoms with van der Waals surface area (Å²) >= 11 is 6.33. The first-order valence-corrected chi connectivity index (χ1v) is 8.19. The minimum atomic E-state index is -0.979. The molecule has 0 fully saturated rings. The van der Waals surface area contributed by atoms with Crippen molar-refractivity contribution in [2.75, 3.05) is 5.32 Å². The molecule has 0 saturated carbocycles. The monoisotopic (exact) mass is 343 g/mol. The molecule has 2 aromatic rings. The van der Waals surface area contributed by atoms with Gasteiger partial charge in [-0.25, -0.2) is 9.18 Å². The van der Waals surface area contributed by atoms with E-state index in [-0.39, 0.29) is 29.3 Å². The quantitative estimate of drug-likeness (QED) is 0.754. The zero-order chi connectivity index (χ0) is 16.8.